The van der Waals surface area contributed by atoms with Gasteiger partial charge in [0.05, 0.1) is 11.8 Å². The van der Waals surface area contributed by atoms with Crippen molar-refractivity contribution in [3.63, 3.8) is 0 Å². The molecule has 0 spiro atoms. The summed E-state index contributed by atoms with van der Waals surface area (Å²) in [6, 6.07) is 0. The van der Waals surface area contributed by atoms with Crippen LogP contribution in [0.2, 0.25) is 0 Å². The van der Waals surface area contributed by atoms with Crippen molar-refractivity contribution in [3.05, 3.63) is 24.4 Å². The molecule has 2 heterocycles. The van der Waals surface area contributed by atoms with Crippen LogP contribution in [-0.2, 0) is 0 Å². The van der Waals surface area contributed by atoms with Crippen LogP contribution in [0.1, 0.15) is 40.5 Å². The van der Waals surface area contributed by atoms with E-state index in [2.05, 4.69) is 55.8 Å². The molecule has 18 heavy (non-hydrogen) atoms. The fourth-order valence-electron chi connectivity index (χ4n) is 3.11. The molecule has 0 saturated carbocycles. The lowest BCUT2D eigenvalue weighted by molar-refractivity contribution is -0.0554. The summed E-state index contributed by atoms with van der Waals surface area (Å²) in [5.74, 6) is 0. The molecule has 2 rings (SSSR count). The van der Waals surface area contributed by atoms with E-state index in [1.807, 2.05) is 6.08 Å². The molecule has 3 nitrogen and oxygen atoms in total. The molecular formula is C15H27N3. The Bertz CT molecular complexity index is 355. The van der Waals surface area contributed by atoms with Crippen molar-refractivity contribution in [1.29, 1.82) is 0 Å². The van der Waals surface area contributed by atoms with Crippen LogP contribution >= 0.6 is 0 Å². The van der Waals surface area contributed by atoms with Crippen molar-refractivity contribution in [3.8, 4) is 0 Å². The van der Waals surface area contributed by atoms with Crippen LogP contribution in [0.15, 0.2) is 24.4 Å². The molecule has 2 aliphatic heterocycles. The summed E-state index contributed by atoms with van der Waals surface area (Å²) >= 11 is 0. The first-order valence-corrected chi connectivity index (χ1v) is 6.97. The Labute approximate surface area is 111 Å². The highest BCUT2D eigenvalue weighted by molar-refractivity contribution is 5.14. The second-order valence-corrected chi connectivity index (χ2v) is 6.81. The van der Waals surface area contributed by atoms with Crippen molar-refractivity contribution >= 4 is 0 Å². The molecule has 0 aromatic rings. The summed E-state index contributed by atoms with van der Waals surface area (Å²) < 4.78 is 0. The van der Waals surface area contributed by atoms with Crippen molar-refractivity contribution in [2.75, 3.05) is 13.1 Å². The highest BCUT2D eigenvalue weighted by Crippen LogP contribution is 2.34. The van der Waals surface area contributed by atoms with Gasteiger partial charge in [0.25, 0.3) is 0 Å². The molecule has 1 unspecified atom stereocenters. The van der Waals surface area contributed by atoms with Crippen LogP contribution in [0, 0.1) is 5.41 Å². The van der Waals surface area contributed by atoms with Crippen LogP contribution in [0.5, 0.6) is 0 Å². The third-order valence-corrected chi connectivity index (χ3v) is 4.29. The summed E-state index contributed by atoms with van der Waals surface area (Å²) in [7, 11) is 0. The quantitative estimate of drug-likeness (QED) is 0.816. The third-order valence-electron chi connectivity index (χ3n) is 4.29. The van der Waals surface area contributed by atoms with Crippen molar-refractivity contribution in [2.45, 2.75) is 52.4 Å². The molecule has 1 saturated heterocycles. The maximum atomic E-state index is 6.20. The summed E-state index contributed by atoms with van der Waals surface area (Å²) in [6.07, 6.45) is 10.8. The predicted molar refractivity (Wildman–Crippen MR) is 76.8 cm³/mol. The Morgan fingerprint density at radius 3 is 2.61 bits per heavy atom. The average molecular weight is 249 g/mol. The van der Waals surface area contributed by atoms with Gasteiger partial charge in [0.2, 0.25) is 0 Å². The monoisotopic (exact) mass is 249 g/mol. The molecule has 0 bridgehead atoms. The lowest BCUT2D eigenvalue weighted by atomic mass is 9.83. The summed E-state index contributed by atoms with van der Waals surface area (Å²) in [5.41, 5.74) is 6.58. The van der Waals surface area contributed by atoms with Gasteiger partial charge >= 0.3 is 0 Å². The molecule has 0 radical (unpaired) electrons. The van der Waals surface area contributed by atoms with E-state index in [0.29, 0.717) is 5.41 Å². The number of piperidine rings is 1. The zero-order valence-electron chi connectivity index (χ0n) is 12.2. The number of nitrogens with two attached hydrogens (primary N) is 1. The van der Waals surface area contributed by atoms with Gasteiger partial charge < -0.3 is 10.6 Å². The summed E-state index contributed by atoms with van der Waals surface area (Å²) in [6.45, 7) is 11.6. The van der Waals surface area contributed by atoms with E-state index in [9.17, 15) is 0 Å². The van der Waals surface area contributed by atoms with Gasteiger partial charge in [-0.05, 0) is 44.3 Å². The van der Waals surface area contributed by atoms with Gasteiger partial charge in [0.15, 0.2) is 0 Å². The predicted octanol–water partition coefficient (Wildman–Crippen LogP) is 2.51. The Morgan fingerprint density at radius 2 is 2.00 bits per heavy atom. The van der Waals surface area contributed by atoms with E-state index in [4.69, 9.17) is 5.73 Å². The second kappa shape index (κ2) is 4.71. The maximum absolute atomic E-state index is 6.20. The van der Waals surface area contributed by atoms with Crippen LogP contribution in [-0.4, -0.2) is 34.7 Å². The molecule has 102 valence electrons. The molecule has 1 atom stereocenters. The highest BCUT2D eigenvalue weighted by atomic mass is 15.4. The largest absolute Gasteiger partial charge is 0.341 e. The maximum Gasteiger partial charge on any atom is 0.0976 e. The smallest absolute Gasteiger partial charge is 0.0976 e. The van der Waals surface area contributed by atoms with E-state index in [-0.39, 0.29) is 11.8 Å². The number of nitrogens with zero attached hydrogens (tertiary/aromatic N) is 2. The van der Waals surface area contributed by atoms with Crippen LogP contribution in [0.3, 0.4) is 0 Å². The summed E-state index contributed by atoms with van der Waals surface area (Å²) in [4.78, 5) is 4.83. The number of hydrogen-bond acceptors (Lipinski definition) is 3. The van der Waals surface area contributed by atoms with Gasteiger partial charge in [-0.3, -0.25) is 4.90 Å². The molecule has 2 aliphatic rings. The first-order valence-electron chi connectivity index (χ1n) is 6.97. The molecule has 0 aliphatic carbocycles. The van der Waals surface area contributed by atoms with Crippen molar-refractivity contribution in [1.82, 2.24) is 9.80 Å². The van der Waals surface area contributed by atoms with Gasteiger partial charge in [-0.1, -0.05) is 19.9 Å². The lowest BCUT2D eigenvalue weighted by Crippen LogP contribution is -2.62. The molecular weight excluding hydrogens is 222 g/mol. The number of hydrogen-bond donors (Lipinski definition) is 1. The van der Waals surface area contributed by atoms with Gasteiger partial charge in [-0.2, -0.15) is 0 Å². The van der Waals surface area contributed by atoms with E-state index in [1.165, 1.54) is 12.8 Å². The molecule has 3 heteroatoms. The minimum absolute atomic E-state index is 0.0185. The first-order chi connectivity index (χ1) is 8.33. The average Bonchev–Trinajstić information content (AvgIpc) is 2.28. The third kappa shape index (κ3) is 2.62. The fraction of sp³-hybridized carbons (Fsp3) is 0.733. The van der Waals surface area contributed by atoms with Crippen LogP contribution < -0.4 is 5.73 Å². The molecule has 1 fully saturated rings. The highest BCUT2D eigenvalue weighted by Gasteiger charge is 2.39. The van der Waals surface area contributed by atoms with Gasteiger partial charge in [0, 0.05) is 19.3 Å². The Hall–Kier alpha value is -0.800. The zero-order chi connectivity index (χ0) is 13.4. The minimum Gasteiger partial charge on any atom is -0.341 e. The van der Waals surface area contributed by atoms with Gasteiger partial charge in [-0.15, -0.1) is 0 Å². The van der Waals surface area contributed by atoms with Crippen LogP contribution in [0.4, 0.5) is 0 Å². The molecule has 0 aromatic carbocycles. The number of likely N-dealkylation sites (tertiary alicyclic amines) is 1. The summed E-state index contributed by atoms with van der Waals surface area (Å²) in [5, 5.41) is 0. The van der Waals surface area contributed by atoms with Crippen molar-refractivity contribution < 1.29 is 0 Å². The molecule has 0 aromatic heterocycles. The zero-order valence-corrected chi connectivity index (χ0v) is 12.2. The first kappa shape index (κ1) is 13.6. The Balaban J connectivity index is 2.15. The van der Waals surface area contributed by atoms with E-state index < -0.39 is 0 Å². The standard InChI is InChI=1S/C15H27N3/c1-14(2)9-7-10-17(12-14)15(3,4)18-11-6-5-8-13(18)16/h5-6,8,11,13H,7,9-10,12,16H2,1-4H3. The minimum atomic E-state index is -0.0294. The number of allylic oxidation sites excluding steroid dienone is 2. The Kier molecular flexibility index (Phi) is 3.56. The van der Waals surface area contributed by atoms with Gasteiger partial charge in [0.1, 0.15) is 0 Å². The lowest BCUT2D eigenvalue weighted by Gasteiger charge is -2.52. The fourth-order valence-corrected chi connectivity index (χ4v) is 3.11. The van der Waals surface area contributed by atoms with E-state index in [1.54, 1.807) is 0 Å². The topological polar surface area (TPSA) is 32.5 Å². The van der Waals surface area contributed by atoms with Crippen molar-refractivity contribution in [2.24, 2.45) is 11.1 Å². The van der Waals surface area contributed by atoms with E-state index >= 15 is 0 Å². The normalized spacial score (nSPS) is 28.7. The Morgan fingerprint density at radius 1 is 1.28 bits per heavy atom. The molecule has 2 N–H and O–H groups in total. The second-order valence-electron chi connectivity index (χ2n) is 6.81. The van der Waals surface area contributed by atoms with Crippen LogP contribution in [0.25, 0.3) is 0 Å². The molecule has 0 amide bonds. The number of rotatable bonds is 2. The SMILES string of the molecule is CC1(C)CCCN(C(C)(C)N2C=CC=CC2N)C1. The van der Waals surface area contributed by atoms with Gasteiger partial charge in [-0.25, -0.2) is 0 Å². The van der Waals surface area contributed by atoms with E-state index in [0.717, 1.165) is 13.1 Å².